The van der Waals surface area contributed by atoms with E-state index in [0.29, 0.717) is 0 Å². The molecule has 0 saturated heterocycles. The van der Waals surface area contributed by atoms with E-state index in [1.807, 2.05) is 6.07 Å². The highest BCUT2D eigenvalue weighted by Crippen LogP contribution is 2.40. The first-order valence-electron chi connectivity index (χ1n) is 7.98. The van der Waals surface area contributed by atoms with E-state index in [0.717, 1.165) is 36.8 Å². The molecule has 1 aliphatic rings. The second-order valence-corrected chi connectivity index (χ2v) is 5.94. The third-order valence-electron chi connectivity index (χ3n) is 4.47. The summed E-state index contributed by atoms with van der Waals surface area (Å²) in [5, 5.41) is 2.40. The molecule has 2 aromatic rings. The number of Topliss-reactive ketones (excluding diaryl/α,β-unsaturated/α-hetero) is 1. The van der Waals surface area contributed by atoms with Gasteiger partial charge in [0, 0.05) is 16.5 Å². The maximum absolute atomic E-state index is 12.9. The molecule has 0 unspecified atom stereocenters. The highest BCUT2D eigenvalue weighted by molar-refractivity contribution is 6.25. The van der Waals surface area contributed by atoms with E-state index in [-0.39, 0.29) is 5.78 Å². The van der Waals surface area contributed by atoms with Gasteiger partial charge in [0.25, 0.3) is 0 Å². The number of ketones is 1. The SMILES string of the molecule is CCCC1=C(CCC)c2cccc3c(C)ccc(c23)C1=O. The van der Waals surface area contributed by atoms with Gasteiger partial charge in [0.1, 0.15) is 0 Å². The molecule has 108 valence electrons. The van der Waals surface area contributed by atoms with Gasteiger partial charge in [0.15, 0.2) is 5.78 Å². The third-order valence-corrected chi connectivity index (χ3v) is 4.47. The van der Waals surface area contributed by atoms with E-state index < -0.39 is 0 Å². The van der Waals surface area contributed by atoms with Crippen molar-refractivity contribution in [2.75, 3.05) is 0 Å². The number of aryl methyl sites for hydroxylation is 1. The molecule has 0 amide bonds. The zero-order valence-corrected chi connectivity index (χ0v) is 13.1. The predicted octanol–water partition coefficient (Wildman–Crippen LogP) is 5.70. The van der Waals surface area contributed by atoms with Crippen LogP contribution in [-0.2, 0) is 0 Å². The summed E-state index contributed by atoms with van der Waals surface area (Å²) in [5.41, 5.74) is 5.76. The molecule has 21 heavy (non-hydrogen) atoms. The van der Waals surface area contributed by atoms with Gasteiger partial charge in [0.2, 0.25) is 0 Å². The zero-order valence-electron chi connectivity index (χ0n) is 13.1. The molecule has 0 spiro atoms. The van der Waals surface area contributed by atoms with Crippen molar-refractivity contribution in [2.24, 2.45) is 0 Å². The molecule has 1 nitrogen and oxygen atoms in total. The van der Waals surface area contributed by atoms with Crippen LogP contribution in [0, 0.1) is 6.92 Å². The number of benzene rings is 2. The van der Waals surface area contributed by atoms with Gasteiger partial charge in [-0.15, -0.1) is 0 Å². The van der Waals surface area contributed by atoms with E-state index in [1.54, 1.807) is 0 Å². The van der Waals surface area contributed by atoms with Gasteiger partial charge in [-0.05, 0) is 41.9 Å². The Labute approximate surface area is 126 Å². The van der Waals surface area contributed by atoms with Crippen molar-refractivity contribution in [3.05, 3.63) is 52.6 Å². The summed E-state index contributed by atoms with van der Waals surface area (Å²) in [6.45, 7) is 6.46. The Hall–Kier alpha value is -1.89. The van der Waals surface area contributed by atoms with Crippen LogP contribution in [0.3, 0.4) is 0 Å². The molecule has 0 N–H and O–H groups in total. The minimum absolute atomic E-state index is 0.254. The van der Waals surface area contributed by atoms with Gasteiger partial charge < -0.3 is 0 Å². The first-order valence-corrected chi connectivity index (χ1v) is 7.98. The van der Waals surface area contributed by atoms with Crippen molar-refractivity contribution in [2.45, 2.75) is 46.5 Å². The molecule has 0 atom stereocenters. The van der Waals surface area contributed by atoms with Crippen molar-refractivity contribution in [1.29, 1.82) is 0 Å². The molecule has 3 rings (SSSR count). The topological polar surface area (TPSA) is 17.1 Å². The van der Waals surface area contributed by atoms with Crippen molar-refractivity contribution in [3.63, 3.8) is 0 Å². The first kappa shape index (κ1) is 14.1. The number of hydrogen-bond donors (Lipinski definition) is 0. The van der Waals surface area contributed by atoms with E-state index in [9.17, 15) is 4.79 Å². The number of rotatable bonds is 4. The van der Waals surface area contributed by atoms with E-state index in [2.05, 4.69) is 45.0 Å². The Kier molecular flexibility index (Phi) is 3.67. The molecule has 2 aromatic carbocycles. The van der Waals surface area contributed by atoms with Crippen molar-refractivity contribution in [1.82, 2.24) is 0 Å². The van der Waals surface area contributed by atoms with Gasteiger partial charge in [-0.3, -0.25) is 4.79 Å². The molecule has 0 fully saturated rings. The van der Waals surface area contributed by atoms with Crippen LogP contribution in [0.5, 0.6) is 0 Å². The molecule has 0 aliphatic heterocycles. The molecule has 1 aliphatic carbocycles. The predicted molar refractivity (Wildman–Crippen MR) is 89.8 cm³/mol. The molecule has 0 radical (unpaired) electrons. The second-order valence-electron chi connectivity index (χ2n) is 5.94. The molecular weight excluding hydrogens is 256 g/mol. The molecular formula is C20H22O. The van der Waals surface area contributed by atoms with Gasteiger partial charge in [-0.25, -0.2) is 0 Å². The highest BCUT2D eigenvalue weighted by Gasteiger charge is 2.26. The molecule has 0 heterocycles. The summed E-state index contributed by atoms with van der Waals surface area (Å²) in [4.78, 5) is 12.9. The van der Waals surface area contributed by atoms with Gasteiger partial charge in [-0.2, -0.15) is 0 Å². The first-order chi connectivity index (χ1) is 10.2. The van der Waals surface area contributed by atoms with E-state index >= 15 is 0 Å². The van der Waals surface area contributed by atoms with Crippen LogP contribution in [0.15, 0.2) is 35.9 Å². The summed E-state index contributed by atoms with van der Waals surface area (Å²) < 4.78 is 0. The lowest BCUT2D eigenvalue weighted by molar-refractivity contribution is 0.103. The fourth-order valence-electron chi connectivity index (χ4n) is 3.51. The van der Waals surface area contributed by atoms with Gasteiger partial charge >= 0.3 is 0 Å². The molecule has 0 aromatic heterocycles. The number of carbonyl (C=O) groups excluding carboxylic acids is 1. The van der Waals surface area contributed by atoms with Crippen LogP contribution in [0.2, 0.25) is 0 Å². The number of carbonyl (C=O) groups is 1. The largest absolute Gasteiger partial charge is 0.289 e. The third kappa shape index (κ3) is 2.12. The molecule has 0 saturated carbocycles. The quantitative estimate of drug-likeness (QED) is 0.701. The fraction of sp³-hybridized carbons (Fsp3) is 0.350. The standard InChI is InChI=1S/C20H22O/c1-4-7-15-16-10-6-9-14-13(3)11-12-18(19(14)16)20(21)17(15)8-5-2/h6,9-12H,4-5,7-8H2,1-3H3. The summed E-state index contributed by atoms with van der Waals surface area (Å²) in [7, 11) is 0. The average Bonchev–Trinajstić information content (AvgIpc) is 2.49. The summed E-state index contributed by atoms with van der Waals surface area (Å²) in [5.74, 6) is 0.254. The maximum Gasteiger partial charge on any atom is 0.189 e. The monoisotopic (exact) mass is 278 g/mol. The minimum atomic E-state index is 0.254. The van der Waals surface area contributed by atoms with Crippen LogP contribution < -0.4 is 0 Å². The summed E-state index contributed by atoms with van der Waals surface area (Å²) in [6.07, 6.45) is 3.98. The van der Waals surface area contributed by atoms with Crippen LogP contribution in [0.1, 0.15) is 61.0 Å². The van der Waals surface area contributed by atoms with Crippen LogP contribution >= 0.6 is 0 Å². The van der Waals surface area contributed by atoms with Crippen LogP contribution in [-0.4, -0.2) is 5.78 Å². The summed E-state index contributed by atoms with van der Waals surface area (Å²) in [6, 6.07) is 10.6. The normalized spacial score (nSPS) is 14.1. The minimum Gasteiger partial charge on any atom is -0.289 e. The zero-order chi connectivity index (χ0) is 15.0. The van der Waals surface area contributed by atoms with E-state index in [4.69, 9.17) is 0 Å². The number of allylic oxidation sites excluding steroid dienone is 2. The van der Waals surface area contributed by atoms with E-state index in [1.165, 1.54) is 27.5 Å². The van der Waals surface area contributed by atoms with Crippen molar-refractivity contribution in [3.8, 4) is 0 Å². The fourth-order valence-corrected chi connectivity index (χ4v) is 3.51. The Morgan fingerprint density at radius 2 is 1.57 bits per heavy atom. The lowest BCUT2D eigenvalue weighted by Crippen LogP contribution is -2.13. The van der Waals surface area contributed by atoms with Gasteiger partial charge in [-0.1, -0.05) is 57.0 Å². The lowest BCUT2D eigenvalue weighted by Gasteiger charge is -2.23. The Morgan fingerprint density at radius 1 is 0.857 bits per heavy atom. The Balaban J connectivity index is 2.38. The highest BCUT2D eigenvalue weighted by atomic mass is 16.1. The maximum atomic E-state index is 12.9. The van der Waals surface area contributed by atoms with Crippen molar-refractivity contribution < 1.29 is 4.79 Å². The Bertz CT molecular complexity index is 750. The van der Waals surface area contributed by atoms with Gasteiger partial charge in [0.05, 0.1) is 0 Å². The molecule has 1 heteroatoms. The lowest BCUT2D eigenvalue weighted by atomic mass is 9.79. The second kappa shape index (κ2) is 5.48. The Morgan fingerprint density at radius 3 is 2.29 bits per heavy atom. The smallest absolute Gasteiger partial charge is 0.189 e. The van der Waals surface area contributed by atoms with Crippen LogP contribution in [0.4, 0.5) is 0 Å². The summed E-state index contributed by atoms with van der Waals surface area (Å²) >= 11 is 0. The van der Waals surface area contributed by atoms with Crippen molar-refractivity contribution >= 4 is 22.1 Å². The van der Waals surface area contributed by atoms with Crippen LogP contribution in [0.25, 0.3) is 16.3 Å². The number of hydrogen-bond acceptors (Lipinski definition) is 1. The molecule has 0 bridgehead atoms. The average molecular weight is 278 g/mol.